The summed E-state index contributed by atoms with van der Waals surface area (Å²) in [5, 5.41) is 24.6. The molecule has 2 atom stereocenters. The van der Waals surface area contributed by atoms with Crippen LogP contribution >= 0.6 is 0 Å². The summed E-state index contributed by atoms with van der Waals surface area (Å²) in [6.45, 7) is -0.913. The zero-order valence-electron chi connectivity index (χ0n) is 45.2. The molecule has 0 spiro atoms. The van der Waals surface area contributed by atoms with Crippen molar-refractivity contribution in [3.63, 3.8) is 0 Å². The third kappa shape index (κ3) is 17.6. The predicted octanol–water partition coefficient (Wildman–Crippen LogP) is 12.1. The van der Waals surface area contributed by atoms with Gasteiger partial charge in [-0.3, -0.25) is 9.59 Å². The average molecular weight is 1200 g/mol. The van der Waals surface area contributed by atoms with E-state index in [0.717, 1.165) is 12.2 Å². The van der Waals surface area contributed by atoms with Crippen molar-refractivity contribution in [2.75, 3.05) is 38.9 Å². The number of alkyl halides is 10. The average Bonchev–Trinajstić information content (AvgIpc) is 1.76. The summed E-state index contributed by atoms with van der Waals surface area (Å²) in [5.41, 5.74) is 12.2. The standard InChI is InChI=1S/C61H56F10N2O12/c1-80-51-33-37(11-27-49(51)84-55(78)41-13-21-45(22-14-41)82-31-3-29-58(62,63)60(66,67)68)9-25-47(74)53(76)57(35-39-5-17-43(72)18-6-39,36-40-7-19-44(73)20-8-40)54(77)48(75)26-10-38-12-28-50(52(34-38)81-2)85-56(79)42-15-23-46(24-16-42)83-32-4-30-59(64,65)61(69,70)71/h5-28,33-34,53-54,76-77H,3-4,29-32,35-36,72-73H2,1-2H3/b25-9+,26-10+. The summed E-state index contributed by atoms with van der Waals surface area (Å²) in [6, 6.07) is 31.3. The lowest BCUT2D eigenvalue weighted by Crippen LogP contribution is -2.54. The first-order valence-electron chi connectivity index (χ1n) is 25.7. The number of aliphatic hydroxyl groups is 2. The molecule has 0 fully saturated rings. The fraction of sp³-hybridized carbons (Fsp3) is 0.279. The highest BCUT2D eigenvalue weighted by Gasteiger charge is 2.57. The fourth-order valence-corrected chi connectivity index (χ4v) is 8.42. The maximum absolute atomic E-state index is 14.3. The Balaban J connectivity index is 1.18. The number of nitrogen functional groups attached to an aromatic ring is 2. The molecule has 0 heterocycles. The Morgan fingerprint density at radius 3 is 1.14 bits per heavy atom. The summed E-state index contributed by atoms with van der Waals surface area (Å²) in [7, 11) is 2.54. The number of anilines is 2. The molecule has 0 bridgehead atoms. The Kier molecular flexibility index (Phi) is 21.6. The Hall–Kier alpha value is -8.90. The van der Waals surface area contributed by atoms with Gasteiger partial charge in [0.1, 0.15) is 23.7 Å². The summed E-state index contributed by atoms with van der Waals surface area (Å²) in [6.07, 6.45) is -15.6. The molecule has 0 aromatic heterocycles. The van der Waals surface area contributed by atoms with Crippen LogP contribution in [0.3, 0.4) is 0 Å². The van der Waals surface area contributed by atoms with Crippen molar-refractivity contribution in [2.24, 2.45) is 5.41 Å². The summed E-state index contributed by atoms with van der Waals surface area (Å²) in [5.74, 6) is -13.3. The Morgan fingerprint density at radius 1 is 0.482 bits per heavy atom. The number of rotatable bonds is 28. The third-order valence-corrected chi connectivity index (χ3v) is 13.1. The highest BCUT2D eigenvalue weighted by molar-refractivity contribution is 6.01. The molecule has 0 aliphatic rings. The molecule has 6 aromatic carbocycles. The van der Waals surface area contributed by atoms with Crippen LogP contribution in [0.25, 0.3) is 12.2 Å². The molecule has 0 saturated heterocycles. The minimum absolute atomic E-state index is 0.000742. The van der Waals surface area contributed by atoms with Gasteiger partial charge in [0.15, 0.2) is 34.6 Å². The van der Waals surface area contributed by atoms with E-state index in [-0.39, 0.29) is 58.5 Å². The number of ether oxygens (including phenoxy) is 6. The molecule has 6 N–H and O–H groups in total. The van der Waals surface area contributed by atoms with Gasteiger partial charge in [0.2, 0.25) is 0 Å². The van der Waals surface area contributed by atoms with Gasteiger partial charge in [0.25, 0.3) is 0 Å². The van der Waals surface area contributed by atoms with Crippen LogP contribution in [0.1, 0.15) is 68.7 Å². The van der Waals surface area contributed by atoms with Crippen LogP contribution in [0.2, 0.25) is 0 Å². The van der Waals surface area contributed by atoms with Gasteiger partial charge in [-0.05, 0) is 157 Å². The maximum Gasteiger partial charge on any atom is 0.453 e. The second kappa shape index (κ2) is 28.1. The van der Waals surface area contributed by atoms with E-state index in [1.807, 2.05) is 0 Å². The lowest BCUT2D eigenvalue weighted by molar-refractivity contribution is -0.284. The second-order valence-corrected chi connectivity index (χ2v) is 19.3. The fourth-order valence-electron chi connectivity index (χ4n) is 8.42. The predicted molar refractivity (Wildman–Crippen MR) is 292 cm³/mol. The number of halogens is 10. The van der Waals surface area contributed by atoms with Gasteiger partial charge >= 0.3 is 36.1 Å². The van der Waals surface area contributed by atoms with E-state index in [1.165, 1.54) is 111 Å². The number of nitrogens with two attached hydrogens (primary N) is 2. The SMILES string of the molecule is COc1cc(/C=C/C(=O)C(O)C(Cc2ccc(N)cc2)(Cc2ccc(N)cc2)C(O)C(=O)/C=C/c2ccc(OC(=O)c3ccc(OCCCC(F)(F)C(F)(F)F)cc3)c(OC)c2)ccc1OC(=O)c1ccc(OCCCC(F)(F)C(F)(F)F)cc1. The van der Waals surface area contributed by atoms with Crippen molar-refractivity contribution in [1.82, 2.24) is 0 Å². The van der Waals surface area contributed by atoms with Gasteiger partial charge in [-0.25, -0.2) is 9.59 Å². The van der Waals surface area contributed by atoms with Crippen LogP contribution in [0.15, 0.2) is 146 Å². The molecule has 0 radical (unpaired) electrons. The van der Waals surface area contributed by atoms with E-state index in [0.29, 0.717) is 33.6 Å². The molecule has 2 unspecified atom stereocenters. The van der Waals surface area contributed by atoms with Gasteiger partial charge < -0.3 is 50.1 Å². The third-order valence-electron chi connectivity index (χ3n) is 13.1. The van der Waals surface area contributed by atoms with Crippen LogP contribution in [0, 0.1) is 5.41 Å². The number of esters is 2. The zero-order valence-corrected chi connectivity index (χ0v) is 45.2. The van der Waals surface area contributed by atoms with Gasteiger partial charge in [-0.15, -0.1) is 0 Å². The summed E-state index contributed by atoms with van der Waals surface area (Å²) < 4.78 is 160. The van der Waals surface area contributed by atoms with Gasteiger partial charge in [-0.2, -0.15) is 43.9 Å². The number of aliphatic hydroxyl groups excluding tert-OH is 2. The van der Waals surface area contributed by atoms with Gasteiger partial charge in [0.05, 0.1) is 38.6 Å². The smallest absolute Gasteiger partial charge is 0.453 e. The van der Waals surface area contributed by atoms with E-state index in [2.05, 4.69) is 0 Å². The van der Waals surface area contributed by atoms with Crippen molar-refractivity contribution < 1.29 is 102 Å². The minimum Gasteiger partial charge on any atom is -0.494 e. The van der Waals surface area contributed by atoms with Crippen molar-refractivity contribution in [2.45, 2.75) is 74.9 Å². The Labute approximate surface area is 480 Å². The van der Waals surface area contributed by atoms with Crippen LogP contribution < -0.4 is 39.9 Å². The molecule has 6 aromatic rings. The highest BCUT2D eigenvalue weighted by atomic mass is 19.4. The van der Waals surface area contributed by atoms with E-state index in [4.69, 9.17) is 39.9 Å². The molecule has 0 saturated carbocycles. The van der Waals surface area contributed by atoms with Crippen LogP contribution in [-0.2, 0) is 22.4 Å². The number of carbonyl (C=O) groups is 4. The first-order chi connectivity index (χ1) is 40.0. The molecular weight excluding hydrogens is 1140 g/mol. The molecular formula is C61H56F10N2O12. The van der Waals surface area contributed by atoms with Crippen LogP contribution in [0.4, 0.5) is 55.3 Å². The first kappa shape index (κ1) is 65.3. The Bertz CT molecular complexity index is 3100. The number of ketones is 2. The largest absolute Gasteiger partial charge is 0.494 e. The molecule has 0 amide bonds. The summed E-state index contributed by atoms with van der Waals surface area (Å²) >= 11 is 0. The van der Waals surface area contributed by atoms with E-state index >= 15 is 0 Å². The maximum atomic E-state index is 14.3. The normalized spacial score (nSPS) is 13.1. The lowest BCUT2D eigenvalue weighted by Gasteiger charge is -2.40. The summed E-state index contributed by atoms with van der Waals surface area (Å²) in [4.78, 5) is 54.9. The van der Waals surface area contributed by atoms with Crippen LogP contribution in [-0.4, -0.2) is 97.6 Å². The van der Waals surface area contributed by atoms with Crippen molar-refractivity contribution in [3.8, 4) is 34.5 Å². The first-order valence-corrected chi connectivity index (χ1v) is 25.7. The molecule has 0 aliphatic carbocycles. The quantitative estimate of drug-likeness (QED) is 0.00898. The molecule has 14 nitrogen and oxygen atoms in total. The van der Waals surface area contributed by atoms with Gasteiger partial charge in [0, 0.05) is 29.6 Å². The van der Waals surface area contributed by atoms with Crippen LogP contribution in [0.5, 0.6) is 34.5 Å². The molecule has 24 heteroatoms. The minimum atomic E-state index is -5.69. The number of hydrogen-bond donors (Lipinski definition) is 4. The van der Waals surface area contributed by atoms with Gasteiger partial charge in [-0.1, -0.05) is 48.6 Å². The Morgan fingerprint density at radius 2 is 0.824 bits per heavy atom. The number of benzene rings is 6. The lowest BCUT2D eigenvalue weighted by atomic mass is 9.66. The second-order valence-electron chi connectivity index (χ2n) is 19.3. The number of carbonyl (C=O) groups excluding carboxylic acids is 4. The zero-order chi connectivity index (χ0) is 62.3. The van der Waals surface area contributed by atoms with Crippen molar-refractivity contribution in [3.05, 3.63) is 179 Å². The molecule has 0 aliphatic heterocycles. The molecule has 6 rings (SSSR count). The number of methoxy groups -OCH3 is 2. The topological polar surface area (TPSA) is 216 Å². The van der Waals surface area contributed by atoms with E-state index < -0.39 is 104 Å². The molecule has 85 heavy (non-hydrogen) atoms. The highest BCUT2D eigenvalue weighted by Crippen LogP contribution is 2.42. The van der Waals surface area contributed by atoms with E-state index in [1.54, 1.807) is 48.5 Å². The van der Waals surface area contributed by atoms with Crippen molar-refractivity contribution in [1.29, 1.82) is 0 Å². The number of hydrogen-bond acceptors (Lipinski definition) is 14. The monoisotopic (exact) mass is 1200 g/mol. The molecule has 452 valence electrons. The van der Waals surface area contributed by atoms with E-state index in [9.17, 15) is 73.3 Å². The van der Waals surface area contributed by atoms with Crippen molar-refractivity contribution >= 4 is 47.0 Å².